The number of rotatable bonds is 13. The molecule has 0 spiro atoms. The van der Waals surface area contributed by atoms with E-state index >= 15 is 0 Å². The van der Waals surface area contributed by atoms with Gasteiger partial charge in [0.1, 0.15) is 11.6 Å². The van der Waals surface area contributed by atoms with Crippen LogP contribution in [0.25, 0.3) is 0 Å². The van der Waals surface area contributed by atoms with E-state index < -0.39 is 29.7 Å². The number of aliphatic hydroxyl groups excluding tert-OH is 1. The molecule has 0 bridgehead atoms. The maximum Gasteiger partial charge on any atom is 0.251 e. The standard InChI is InChI=1S/C32H39F2N3O3/c1-5-22-7-6-8-23(11-22)18-35-19-30(38)29(14-24-12-27(33)16-28(34)13-24)37-32(40)26-10-21(4)9-25(15-26)31(39)36-17-20(2)3/h6-13,15-16,20,29-30,35,38H,5,14,17-19H2,1-4H3,(H,36,39)(H,37,40)/t29-,30+/m0/s1. The first-order valence-corrected chi connectivity index (χ1v) is 13.7. The van der Waals surface area contributed by atoms with Gasteiger partial charge in [0.2, 0.25) is 0 Å². The van der Waals surface area contributed by atoms with E-state index in [0.717, 1.165) is 23.6 Å². The second-order valence-electron chi connectivity index (χ2n) is 10.6. The van der Waals surface area contributed by atoms with E-state index in [2.05, 4.69) is 28.9 Å². The number of benzene rings is 3. The van der Waals surface area contributed by atoms with Crippen molar-refractivity contribution in [1.82, 2.24) is 16.0 Å². The van der Waals surface area contributed by atoms with Crippen LogP contribution in [0.5, 0.6) is 0 Å². The van der Waals surface area contributed by atoms with Gasteiger partial charge in [0.05, 0.1) is 12.1 Å². The molecule has 0 radical (unpaired) electrons. The fourth-order valence-corrected chi connectivity index (χ4v) is 4.43. The number of carbonyl (C=O) groups is 2. The number of hydrogen-bond acceptors (Lipinski definition) is 4. The summed E-state index contributed by atoms with van der Waals surface area (Å²) < 4.78 is 27.8. The van der Waals surface area contributed by atoms with Gasteiger partial charge in [-0.1, -0.05) is 45.0 Å². The number of amides is 2. The minimum absolute atomic E-state index is 0.00212. The zero-order valence-electron chi connectivity index (χ0n) is 23.6. The predicted octanol–water partition coefficient (Wildman–Crippen LogP) is 4.71. The third-order valence-electron chi connectivity index (χ3n) is 6.51. The molecule has 0 heterocycles. The van der Waals surface area contributed by atoms with Crippen LogP contribution in [0, 0.1) is 24.5 Å². The van der Waals surface area contributed by atoms with Crippen molar-refractivity contribution in [2.45, 2.75) is 59.2 Å². The lowest BCUT2D eigenvalue weighted by Crippen LogP contribution is -2.48. The van der Waals surface area contributed by atoms with Crippen molar-refractivity contribution in [2.24, 2.45) is 5.92 Å². The van der Waals surface area contributed by atoms with Gasteiger partial charge in [0, 0.05) is 36.8 Å². The van der Waals surface area contributed by atoms with Crippen molar-refractivity contribution in [3.63, 3.8) is 0 Å². The highest BCUT2D eigenvalue weighted by Crippen LogP contribution is 2.15. The minimum Gasteiger partial charge on any atom is -0.390 e. The van der Waals surface area contributed by atoms with E-state index in [4.69, 9.17) is 0 Å². The van der Waals surface area contributed by atoms with Crippen LogP contribution in [0.2, 0.25) is 0 Å². The fourth-order valence-electron chi connectivity index (χ4n) is 4.43. The van der Waals surface area contributed by atoms with Crippen LogP contribution >= 0.6 is 0 Å². The summed E-state index contributed by atoms with van der Waals surface area (Å²) in [4.78, 5) is 25.9. The van der Waals surface area contributed by atoms with Crippen molar-refractivity contribution >= 4 is 11.8 Å². The first-order chi connectivity index (χ1) is 19.0. The van der Waals surface area contributed by atoms with E-state index in [1.165, 1.54) is 23.8 Å². The summed E-state index contributed by atoms with van der Waals surface area (Å²) in [5.41, 5.74) is 3.89. The van der Waals surface area contributed by atoms with Gasteiger partial charge in [-0.15, -0.1) is 0 Å². The maximum atomic E-state index is 13.9. The van der Waals surface area contributed by atoms with Gasteiger partial charge < -0.3 is 21.1 Å². The summed E-state index contributed by atoms with van der Waals surface area (Å²) in [6.45, 7) is 8.99. The van der Waals surface area contributed by atoms with Crippen molar-refractivity contribution in [3.05, 3.63) is 106 Å². The van der Waals surface area contributed by atoms with Crippen LogP contribution in [0.3, 0.4) is 0 Å². The third-order valence-corrected chi connectivity index (χ3v) is 6.51. The summed E-state index contributed by atoms with van der Waals surface area (Å²) >= 11 is 0. The molecule has 0 saturated carbocycles. The Kier molecular flexibility index (Phi) is 11.3. The van der Waals surface area contributed by atoms with Crippen molar-refractivity contribution in [1.29, 1.82) is 0 Å². The Balaban J connectivity index is 1.77. The van der Waals surface area contributed by atoms with Gasteiger partial charge in [-0.25, -0.2) is 8.78 Å². The highest BCUT2D eigenvalue weighted by Gasteiger charge is 2.24. The minimum atomic E-state index is -1.07. The molecule has 0 unspecified atom stereocenters. The van der Waals surface area contributed by atoms with Gasteiger partial charge in [0.15, 0.2) is 0 Å². The quantitative estimate of drug-likeness (QED) is 0.248. The maximum absolute atomic E-state index is 13.9. The molecular formula is C32H39F2N3O3. The number of hydrogen-bond donors (Lipinski definition) is 4. The van der Waals surface area contributed by atoms with Crippen LogP contribution in [0.1, 0.15) is 63.7 Å². The van der Waals surface area contributed by atoms with E-state index in [1.807, 2.05) is 32.0 Å². The molecule has 6 nitrogen and oxygen atoms in total. The second kappa shape index (κ2) is 14.7. The second-order valence-corrected chi connectivity index (χ2v) is 10.6. The number of nitrogens with one attached hydrogen (secondary N) is 3. The highest BCUT2D eigenvalue weighted by molar-refractivity contribution is 6.00. The average Bonchev–Trinajstić information content (AvgIpc) is 2.90. The molecular weight excluding hydrogens is 512 g/mol. The van der Waals surface area contributed by atoms with Gasteiger partial charge in [-0.05, 0) is 78.3 Å². The lowest BCUT2D eigenvalue weighted by atomic mass is 9.99. The number of aryl methyl sites for hydroxylation is 2. The Bertz CT molecular complexity index is 1290. The monoisotopic (exact) mass is 551 g/mol. The van der Waals surface area contributed by atoms with Crippen LogP contribution in [0.15, 0.2) is 60.7 Å². The fraction of sp³-hybridized carbons (Fsp3) is 0.375. The molecule has 4 N–H and O–H groups in total. The van der Waals surface area contributed by atoms with Crippen molar-refractivity contribution in [2.75, 3.05) is 13.1 Å². The van der Waals surface area contributed by atoms with Gasteiger partial charge in [-0.3, -0.25) is 9.59 Å². The zero-order chi connectivity index (χ0) is 29.2. The molecule has 3 aromatic rings. The normalized spacial score (nSPS) is 12.7. The SMILES string of the molecule is CCc1cccc(CNC[C@@H](O)[C@H](Cc2cc(F)cc(F)c2)NC(=O)c2cc(C)cc(C(=O)NCC(C)C)c2)c1. The molecule has 214 valence electrons. The highest BCUT2D eigenvalue weighted by atomic mass is 19.1. The molecule has 40 heavy (non-hydrogen) atoms. The van der Waals surface area contributed by atoms with Crippen LogP contribution in [0.4, 0.5) is 8.78 Å². The Morgan fingerprint density at radius 2 is 1.50 bits per heavy atom. The summed E-state index contributed by atoms with van der Waals surface area (Å²) in [6.07, 6.45) is -0.153. The first-order valence-electron chi connectivity index (χ1n) is 13.7. The lowest BCUT2D eigenvalue weighted by molar-refractivity contribution is 0.0829. The molecule has 0 aliphatic heterocycles. The molecule has 0 aliphatic carbocycles. The smallest absolute Gasteiger partial charge is 0.251 e. The molecule has 3 aromatic carbocycles. The molecule has 0 aliphatic rings. The Hall–Kier alpha value is -3.62. The Morgan fingerprint density at radius 3 is 2.15 bits per heavy atom. The Morgan fingerprint density at radius 1 is 0.850 bits per heavy atom. The van der Waals surface area contributed by atoms with Gasteiger partial charge >= 0.3 is 0 Å². The van der Waals surface area contributed by atoms with E-state index in [9.17, 15) is 23.5 Å². The number of halogens is 2. The van der Waals surface area contributed by atoms with Crippen LogP contribution < -0.4 is 16.0 Å². The zero-order valence-corrected chi connectivity index (χ0v) is 23.6. The lowest BCUT2D eigenvalue weighted by Gasteiger charge is -2.25. The third kappa shape index (κ3) is 9.54. The van der Waals surface area contributed by atoms with Crippen molar-refractivity contribution < 1.29 is 23.5 Å². The molecule has 0 saturated heterocycles. The molecule has 0 fully saturated rings. The average molecular weight is 552 g/mol. The number of carbonyl (C=O) groups excluding carboxylic acids is 2. The molecule has 8 heteroatoms. The number of aliphatic hydroxyl groups is 1. The van der Waals surface area contributed by atoms with Crippen LogP contribution in [-0.4, -0.2) is 42.2 Å². The summed E-state index contributed by atoms with van der Waals surface area (Å²) in [5.74, 6) is -1.98. The van der Waals surface area contributed by atoms with Gasteiger partial charge in [-0.2, -0.15) is 0 Å². The van der Waals surface area contributed by atoms with Gasteiger partial charge in [0.25, 0.3) is 11.8 Å². The van der Waals surface area contributed by atoms with E-state index in [1.54, 1.807) is 19.1 Å². The van der Waals surface area contributed by atoms with E-state index in [0.29, 0.717) is 24.2 Å². The Labute approximate surface area is 235 Å². The summed E-state index contributed by atoms with van der Waals surface area (Å²) in [7, 11) is 0. The van der Waals surface area contributed by atoms with Crippen molar-refractivity contribution in [3.8, 4) is 0 Å². The summed E-state index contributed by atoms with van der Waals surface area (Å²) in [6, 6.07) is 15.2. The topological polar surface area (TPSA) is 90.5 Å². The predicted molar refractivity (Wildman–Crippen MR) is 153 cm³/mol. The first kappa shape index (κ1) is 30.9. The van der Waals surface area contributed by atoms with E-state index in [-0.39, 0.29) is 30.4 Å². The molecule has 0 aromatic heterocycles. The molecule has 3 rings (SSSR count). The molecule has 2 amide bonds. The summed E-state index contributed by atoms with van der Waals surface area (Å²) in [5, 5.41) is 20.0. The largest absolute Gasteiger partial charge is 0.390 e. The van der Waals surface area contributed by atoms with Crippen LogP contribution in [-0.2, 0) is 19.4 Å². The molecule has 2 atom stereocenters.